The van der Waals surface area contributed by atoms with Crippen LogP contribution in [-0.2, 0) is 32.2 Å². The van der Waals surface area contributed by atoms with Crippen LogP contribution in [0.1, 0.15) is 49.9 Å². The summed E-state index contributed by atoms with van der Waals surface area (Å²) in [7, 11) is 0. The van der Waals surface area contributed by atoms with Crippen molar-refractivity contribution in [2.45, 2.75) is 40.8 Å². The molecule has 0 N–H and O–H groups in total. The van der Waals surface area contributed by atoms with Gasteiger partial charge in [0, 0.05) is 37.6 Å². The molecule has 0 fully saturated rings. The van der Waals surface area contributed by atoms with Crippen molar-refractivity contribution in [2.24, 2.45) is 0 Å². The molecule has 0 aliphatic rings. The highest BCUT2D eigenvalue weighted by Gasteiger charge is 2.12. The molecule has 0 spiro atoms. The highest BCUT2D eigenvalue weighted by atomic mass is 16.5. The molecule has 8 heteroatoms. The summed E-state index contributed by atoms with van der Waals surface area (Å²) in [6.07, 6.45) is 3.08. The van der Waals surface area contributed by atoms with Gasteiger partial charge in [-0.05, 0) is 86.4 Å². The van der Waals surface area contributed by atoms with E-state index in [2.05, 4.69) is 47.9 Å². The molecule has 226 valence electrons. The maximum atomic E-state index is 11.9. The van der Waals surface area contributed by atoms with E-state index in [4.69, 9.17) is 9.47 Å². The fraction of sp³-hybridized carbons (Fsp3) is 0.278. The van der Waals surface area contributed by atoms with Crippen molar-refractivity contribution in [1.82, 2.24) is 0 Å². The SMILES string of the molecule is CCOC(=O)C(C#N)=Cc1ccc(N(CC)Cc2ccc(CN(CC)c3ccc(C=C(C#N)C(=O)OCC)cc3)cc2)cc1. The molecule has 0 aliphatic heterocycles. The molecule has 0 saturated carbocycles. The van der Waals surface area contributed by atoms with Crippen LogP contribution in [0, 0.1) is 22.7 Å². The summed E-state index contributed by atoms with van der Waals surface area (Å²) < 4.78 is 9.88. The monoisotopic (exact) mass is 590 g/mol. The Labute approximate surface area is 260 Å². The van der Waals surface area contributed by atoms with Crippen molar-refractivity contribution in [3.63, 3.8) is 0 Å². The maximum Gasteiger partial charge on any atom is 0.348 e. The zero-order chi connectivity index (χ0) is 31.9. The van der Waals surface area contributed by atoms with Gasteiger partial charge in [-0.15, -0.1) is 0 Å². The fourth-order valence-electron chi connectivity index (χ4n) is 4.55. The summed E-state index contributed by atoms with van der Waals surface area (Å²) in [6, 6.07) is 27.9. The van der Waals surface area contributed by atoms with Crippen molar-refractivity contribution >= 4 is 35.5 Å². The number of carbonyl (C=O) groups excluding carboxylic acids is 2. The lowest BCUT2D eigenvalue weighted by Crippen LogP contribution is -2.23. The molecule has 3 rings (SSSR count). The normalized spacial score (nSPS) is 11.2. The highest BCUT2D eigenvalue weighted by Crippen LogP contribution is 2.22. The van der Waals surface area contributed by atoms with Crippen LogP contribution in [0.3, 0.4) is 0 Å². The van der Waals surface area contributed by atoms with E-state index >= 15 is 0 Å². The number of nitrogens with zero attached hydrogens (tertiary/aromatic N) is 4. The molecule has 3 aromatic carbocycles. The number of anilines is 2. The van der Waals surface area contributed by atoms with Crippen LogP contribution in [0.2, 0.25) is 0 Å². The molecule has 44 heavy (non-hydrogen) atoms. The van der Waals surface area contributed by atoms with E-state index in [0.29, 0.717) is 0 Å². The lowest BCUT2D eigenvalue weighted by atomic mass is 10.1. The number of esters is 2. The first-order valence-corrected chi connectivity index (χ1v) is 14.7. The van der Waals surface area contributed by atoms with Gasteiger partial charge >= 0.3 is 11.9 Å². The molecule has 0 amide bonds. The van der Waals surface area contributed by atoms with Crippen LogP contribution >= 0.6 is 0 Å². The second-order valence-electron chi connectivity index (χ2n) is 9.81. The van der Waals surface area contributed by atoms with Crippen LogP contribution in [0.25, 0.3) is 12.2 Å². The molecule has 0 unspecified atom stereocenters. The van der Waals surface area contributed by atoms with E-state index in [1.54, 1.807) is 26.0 Å². The van der Waals surface area contributed by atoms with Gasteiger partial charge in [0.25, 0.3) is 0 Å². The minimum Gasteiger partial charge on any atom is -0.462 e. The quantitative estimate of drug-likeness (QED) is 0.116. The molecule has 0 aliphatic carbocycles. The Morgan fingerprint density at radius 1 is 0.614 bits per heavy atom. The Morgan fingerprint density at radius 3 is 1.23 bits per heavy atom. The van der Waals surface area contributed by atoms with Crippen molar-refractivity contribution < 1.29 is 19.1 Å². The number of carbonyl (C=O) groups is 2. The van der Waals surface area contributed by atoms with Gasteiger partial charge in [-0.2, -0.15) is 10.5 Å². The molecule has 0 heterocycles. The Morgan fingerprint density at radius 2 is 0.955 bits per heavy atom. The van der Waals surface area contributed by atoms with E-state index in [9.17, 15) is 20.1 Å². The number of ether oxygens (including phenoxy) is 2. The Bertz CT molecular complexity index is 1430. The smallest absolute Gasteiger partial charge is 0.348 e. The summed E-state index contributed by atoms with van der Waals surface area (Å²) in [5.74, 6) is -1.24. The zero-order valence-corrected chi connectivity index (χ0v) is 25.7. The maximum absolute atomic E-state index is 11.9. The minimum absolute atomic E-state index is 0.0249. The Hall–Kier alpha value is -5.34. The van der Waals surface area contributed by atoms with Gasteiger partial charge in [-0.3, -0.25) is 0 Å². The lowest BCUT2D eigenvalue weighted by molar-refractivity contribution is -0.138. The van der Waals surface area contributed by atoms with E-state index < -0.39 is 11.9 Å². The van der Waals surface area contributed by atoms with Crippen LogP contribution in [0.4, 0.5) is 11.4 Å². The Balaban J connectivity index is 1.65. The van der Waals surface area contributed by atoms with Crippen LogP contribution in [-0.4, -0.2) is 38.2 Å². The predicted octanol–water partition coefficient (Wildman–Crippen LogP) is 6.68. The second-order valence-corrected chi connectivity index (χ2v) is 9.81. The van der Waals surface area contributed by atoms with Gasteiger partial charge in [0.15, 0.2) is 0 Å². The second kappa shape index (κ2) is 16.9. The van der Waals surface area contributed by atoms with Gasteiger partial charge in [0.05, 0.1) is 13.2 Å². The number of nitriles is 2. The third kappa shape index (κ3) is 9.34. The van der Waals surface area contributed by atoms with E-state index in [0.717, 1.165) is 48.7 Å². The summed E-state index contributed by atoms with van der Waals surface area (Å²) in [4.78, 5) is 28.3. The van der Waals surface area contributed by atoms with E-state index in [1.807, 2.05) is 60.7 Å². The largest absolute Gasteiger partial charge is 0.462 e. The van der Waals surface area contributed by atoms with Crippen molar-refractivity contribution in [2.75, 3.05) is 36.1 Å². The van der Waals surface area contributed by atoms with E-state index in [-0.39, 0.29) is 24.4 Å². The number of rotatable bonds is 14. The summed E-state index contributed by atoms with van der Waals surface area (Å²) in [6.45, 7) is 11.2. The van der Waals surface area contributed by atoms with Gasteiger partial charge in [-0.25, -0.2) is 9.59 Å². The van der Waals surface area contributed by atoms with Gasteiger partial charge < -0.3 is 19.3 Å². The molecule has 0 saturated heterocycles. The molecule has 0 atom stereocenters. The van der Waals surface area contributed by atoms with Gasteiger partial charge in [0.1, 0.15) is 23.3 Å². The van der Waals surface area contributed by atoms with Crippen molar-refractivity contribution in [3.8, 4) is 12.1 Å². The number of hydrogen-bond acceptors (Lipinski definition) is 8. The minimum atomic E-state index is -0.618. The molecule has 0 bridgehead atoms. The predicted molar refractivity (Wildman–Crippen MR) is 173 cm³/mol. The molecule has 0 radical (unpaired) electrons. The molecule has 8 nitrogen and oxygen atoms in total. The van der Waals surface area contributed by atoms with Gasteiger partial charge in [0.2, 0.25) is 0 Å². The highest BCUT2D eigenvalue weighted by molar-refractivity contribution is 5.98. The average Bonchev–Trinajstić information content (AvgIpc) is 3.05. The summed E-state index contributed by atoms with van der Waals surface area (Å²) in [5, 5.41) is 18.6. The number of benzene rings is 3. The molecule has 3 aromatic rings. The first-order chi connectivity index (χ1) is 21.3. The van der Waals surface area contributed by atoms with Crippen molar-refractivity contribution in [1.29, 1.82) is 10.5 Å². The Kier molecular flexibility index (Phi) is 12.8. The topological polar surface area (TPSA) is 107 Å². The van der Waals surface area contributed by atoms with Crippen LogP contribution in [0.5, 0.6) is 0 Å². The number of hydrogen-bond donors (Lipinski definition) is 0. The lowest BCUT2D eigenvalue weighted by Gasteiger charge is -2.25. The summed E-state index contributed by atoms with van der Waals surface area (Å²) in [5.41, 5.74) is 5.92. The molecule has 0 aromatic heterocycles. The van der Waals surface area contributed by atoms with Crippen LogP contribution in [0.15, 0.2) is 83.9 Å². The van der Waals surface area contributed by atoms with Crippen molar-refractivity contribution in [3.05, 3.63) is 106 Å². The zero-order valence-electron chi connectivity index (χ0n) is 25.7. The first kappa shape index (κ1) is 33.2. The van der Waals surface area contributed by atoms with Gasteiger partial charge in [-0.1, -0.05) is 48.5 Å². The first-order valence-electron chi connectivity index (χ1n) is 14.7. The van der Waals surface area contributed by atoms with Crippen LogP contribution < -0.4 is 9.80 Å². The third-order valence-electron chi connectivity index (χ3n) is 6.90. The molecular formula is C36H38N4O4. The van der Waals surface area contributed by atoms with E-state index in [1.165, 1.54) is 11.1 Å². The fourth-order valence-corrected chi connectivity index (χ4v) is 4.55. The molecular weight excluding hydrogens is 552 g/mol. The average molecular weight is 591 g/mol. The third-order valence-corrected chi connectivity index (χ3v) is 6.90. The standard InChI is InChI=1S/C36H38N4O4/c1-5-39(33-17-13-27(14-18-33)21-31(23-37)35(41)43-7-3)25-29-9-11-30(12-10-29)26-40(6-2)34-19-15-28(16-20-34)22-32(24-38)36(42)44-8-4/h9-22H,5-8,25-26H2,1-4H3. The summed E-state index contributed by atoms with van der Waals surface area (Å²) >= 11 is 0.